The van der Waals surface area contributed by atoms with E-state index in [-0.39, 0.29) is 0 Å². The first-order valence-corrected chi connectivity index (χ1v) is 7.08. The molecule has 0 aliphatic heterocycles. The third-order valence-electron chi connectivity index (χ3n) is 3.28. The molecule has 0 aromatic heterocycles. The average Bonchev–Trinajstić information content (AvgIpc) is 2.37. The zero-order valence-electron chi connectivity index (χ0n) is 13.2. The van der Waals surface area contributed by atoms with E-state index in [9.17, 15) is 0 Å². The van der Waals surface area contributed by atoms with Crippen LogP contribution < -0.4 is 15.0 Å². The third-order valence-corrected chi connectivity index (χ3v) is 3.28. The summed E-state index contributed by atoms with van der Waals surface area (Å²) >= 11 is 0. The smallest absolute Gasteiger partial charge is 0.142 e. The number of rotatable bonds is 7. The molecule has 3 heteroatoms. The molecule has 3 nitrogen and oxygen atoms in total. The number of ether oxygens (including phenoxy) is 1. The minimum absolute atomic E-state index is 0.524. The van der Waals surface area contributed by atoms with Crippen molar-refractivity contribution < 1.29 is 4.74 Å². The molecule has 108 valence electrons. The highest BCUT2D eigenvalue weighted by Crippen LogP contribution is 2.30. The SMILES string of the molecule is COc1cc(C(C)C)ccc1N(C)CCNC(C)C. The summed E-state index contributed by atoms with van der Waals surface area (Å²) in [5.41, 5.74) is 2.46. The van der Waals surface area contributed by atoms with Crippen LogP contribution >= 0.6 is 0 Å². The second-order valence-electron chi connectivity index (χ2n) is 5.62. The highest BCUT2D eigenvalue weighted by Gasteiger charge is 2.10. The molecular weight excluding hydrogens is 236 g/mol. The van der Waals surface area contributed by atoms with Crippen molar-refractivity contribution in [1.29, 1.82) is 0 Å². The van der Waals surface area contributed by atoms with Crippen LogP contribution in [0.4, 0.5) is 5.69 Å². The van der Waals surface area contributed by atoms with Crippen LogP contribution in [-0.2, 0) is 0 Å². The summed E-state index contributed by atoms with van der Waals surface area (Å²) in [5.74, 6) is 1.48. The summed E-state index contributed by atoms with van der Waals surface area (Å²) in [4.78, 5) is 2.23. The van der Waals surface area contributed by atoms with Gasteiger partial charge in [-0.3, -0.25) is 0 Å². The van der Waals surface area contributed by atoms with E-state index >= 15 is 0 Å². The normalized spacial score (nSPS) is 11.2. The molecule has 0 heterocycles. The largest absolute Gasteiger partial charge is 0.495 e. The van der Waals surface area contributed by atoms with Crippen molar-refractivity contribution in [3.63, 3.8) is 0 Å². The summed E-state index contributed by atoms with van der Waals surface area (Å²) in [6.07, 6.45) is 0. The van der Waals surface area contributed by atoms with Gasteiger partial charge in [0, 0.05) is 26.2 Å². The first kappa shape index (κ1) is 15.8. The number of anilines is 1. The van der Waals surface area contributed by atoms with Gasteiger partial charge in [0.15, 0.2) is 0 Å². The van der Waals surface area contributed by atoms with Gasteiger partial charge in [0.05, 0.1) is 12.8 Å². The van der Waals surface area contributed by atoms with Crippen LogP contribution in [0.3, 0.4) is 0 Å². The van der Waals surface area contributed by atoms with E-state index in [1.807, 2.05) is 0 Å². The summed E-state index contributed by atoms with van der Waals surface area (Å²) < 4.78 is 5.52. The predicted octanol–water partition coefficient (Wildman–Crippen LogP) is 3.25. The zero-order chi connectivity index (χ0) is 14.4. The van der Waals surface area contributed by atoms with Crippen LogP contribution in [0.2, 0.25) is 0 Å². The quantitative estimate of drug-likeness (QED) is 0.818. The predicted molar refractivity (Wildman–Crippen MR) is 83.5 cm³/mol. The van der Waals surface area contributed by atoms with Crippen LogP contribution in [0.15, 0.2) is 18.2 Å². The molecule has 19 heavy (non-hydrogen) atoms. The average molecular weight is 264 g/mol. The van der Waals surface area contributed by atoms with Gasteiger partial charge in [0.2, 0.25) is 0 Å². The van der Waals surface area contributed by atoms with Gasteiger partial charge >= 0.3 is 0 Å². The summed E-state index contributed by atoms with van der Waals surface area (Å²) in [7, 11) is 3.85. The Kier molecular flexibility index (Phi) is 6.16. The molecule has 0 amide bonds. The van der Waals surface area contributed by atoms with Crippen molar-refractivity contribution in [3.8, 4) is 5.75 Å². The minimum atomic E-state index is 0.524. The van der Waals surface area contributed by atoms with Crippen LogP contribution in [-0.4, -0.2) is 33.3 Å². The Bertz CT molecular complexity index is 388. The molecule has 0 aliphatic rings. The Hall–Kier alpha value is -1.22. The Morgan fingerprint density at radius 2 is 1.89 bits per heavy atom. The molecule has 0 bridgehead atoms. The first-order valence-electron chi connectivity index (χ1n) is 7.08. The second kappa shape index (κ2) is 7.39. The van der Waals surface area contributed by atoms with Crippen LogP contribution in [0.1, 0.15) is 39.2 Å². The molecule has 1 N–H and O–H groups in total. The Morgan fingerprint density at radius 1 is 1.21 bits per heavy atom. The lowest BCUT2D eigenvalue weighted by Gasteiger charge is -2.23. The van der Waals surface area contributed by atoms with Gasteiger partial charge in [0.25, 0.3) is 0 Å². The van der Waals surface area contributed by atoms with Crippen molar-refractivity contribution >= 4 is 5.69 Å². The van der Waals surface area contributed by atoms with Crippen LogP contribution in [0.25, 0.3) is 0 Å². The lowest BCUT2D eigenvalue weighted by molar-refractivity contribution is 0.414. The molecule has 0 spiro atoms. The fourth-order valence-electron chi connectivity index (χ4n) is 2.01. The molecular formula is C16H28N2O. The number of benzene rings is 1. The number of hydrogen-bond acceptors (Lipinski definition) is 3. The molecule has 1 aromatic carbocycles. The molecule has 0 aliphatic carbocycles. The lowest BCUT2D eigenvalue weighted by Crippen LogP contribution is -2.33. The molecule has 0 saturated heterocycles. The maximum absolute atomic E-state index is 5.52. The monoisotopic (exact) mass is 264 g/mol. The fraction of sp³-hybridized carbons (Fsp3) is 0.625. The van der Waals surface area contributed by atoms with Gasteiger partial charge in [-0.15, -0.1) is 0 Å². The number of hydrogen-bond donors (Lipinski definition) is 1. The highest BCUT2D eigenvalue weighted by molar-refractivity contribution is 5.59. The van der Waals surface area contributed by atoms with Crippen molar-refractivity contribution in [1.82, 2.24) is 5.32 Å². The molecule has 0 unspecified atom stereocenters. The molecule has 0 radical (unpaired) electrons. The second-order valence-corrected chi connectivity index (χ2v) is 5.62. The van der Waals surface area contributed by atoms with Crippen molar-refractivity contribution in [2.24, 2.45) is 0 Å². The van der Waals surface area contributed by atoms with Gasteiger partial charge in [-0.1, -0.05) is 33.8 Å². The van der Waals surface area contributed by atoms with E-state index in [0.29, 0.717) is 12.0 Å². The summed E-state index contributed by atoms with van der Waals surface area (Å²) in [6, 6.07) is 7.02. The van der Waals surface area contributed by atoms with Gasteiger partial charge in [-0.05, 0) is 23.6 Å². The molecule has 0 saturated carbocycles. The maximum atomic E-state index is 5.52. The number of nitrogens with zero attached hydrogens (tertiary/aromatic N) is 1. The number of nitrogens with one attached hydrogen (secondary N) is 1. The Labute approximate surface area is 118 Å². The number of methoxy groups -OCH3 is 1. The fourth-order valence-corrected chi connectivity index (χ4v) is 2.01. The van der Waals surface area contributed by atoms with E-state index < -0.39 is 0 Å². The van der Waals surface area contributed by atoms with Gasteiger partial charge in [-0.2, -0.15) is 0 Å². The highest BCUT2D eigenvalue weighted by atomic mass is 16.5. The molecule has 1 aromatic rings. The lowest BCUT2D eigenvalue weighted by atomic mass is 10.0. The van der Waals surface area contributed by atoms with Gasteiger partial charge in [0.1, 0.15) is 5.75 Å². The van der Waals surface area contributed by atoms with Gasteiger partial charge < -0.3 is 15.0 Å². The first-order chi connectivity index (χ1) is 8.95. The van der Waals surface area contributed by atoms with Crippen LogP contribution in [0.5, 0.6) is 5.75 Å². The Balaban J connectivity index is 2.76. The summed E-state index contributed by atoms with van der Waals surface area (Å²) in [5, 5.41) is 3.43. The minimum Gasteiger partial charge on any atom is -0.495 e. The molecule has 0 atom stereocenters. The topological polar surface area (TPSA) is 24.5 Å². The molecule has 0 fully saturated rings. The zero-order valence-corrected chi connectivity index (χ0v) is 13.2. The van der Waals surface area contributed by atoms with Gasteiger partial charge in [-0.25, -0.2) is 0 Å². The van der Waals surface area contributed by atoms with Crippen molar-refractivity contribution in [3.05, 3.63) is 23.8 Å². The van der Waals surface area contributed by atoms with E-state index in [1.54, 1.807) is 7.11 Å². The number of likely N-dealkylation sites (N-methyl/N-ethyl adjacent to an activating group) is 1. The van der Waals surface area contributed by atoms with E-state index in [1.165, 1.54) is 5.56 Å². The Morgan fingerprint density at radius 3 is 2.42 bits per heavy atom. The summed E-state index contributed by atoms with van der Waals surface area (Å²) in [6.45, 7) is 10.7. The standard InChI is InChI=1S/C16H28N2O/c1-12(2)14-7-8-15(16(11-14)19-6)18(5)10-9-17-13(3)4/h7-8,11-13,17H,9-10H2,1-6H3. The maximum Gasteiger partial charge on any atom is 0.142 e. The van der Waals surface area contributed by atoms with Crippen molar-refractivity contribution in [2.75, 3.05) is 32.1 Å². The van der Waals surface area contributed by atoms with E-state index in [0.717, 1.165) is 24.5 Å². The van der Waals surface area contributed by atoms with Crippen molar-refractivity contribution in [2.45, 2.75) is 39.7 Å². The molecule has 1 rings (SSSR count). The van der Waals surface area contributed by atoms with Crippen LogP contribution in [0, 0.1) is 0 Å². The van der Waals surface area contributed by atoms with E-state index in [4.69, 9.17) is 4.74 Å². The van der Waals surface area contributed by atoms with E-state index in [2.05, 4.69) is 63.2 Å². The third kappa shape index (κ3) is 4.75.